The molecule has 0 saturated carbocycles. The zero-order valence-electron chi connectivity index (χ0n) is 23.7. The minimum atomic E-state index is -1.19. The summed E-state index contributed by atoms with van der Waals surface area (Å²) in [4.78, 5) is 39.3. The van der Waals surface area contributed by atoms with Gasteiger partial charge in [0.25, 0.3) is 5.91 Å². The third-order valence-corrected chi connectivity index (χ3v) is 7.47. The second-order valence-electron chi connectivity index (χ2n) is 10.1. The maximum Gasteiger partial charge on any atom is 0.270 e. The summed E-state index contributed by atoms with van der Waals surface area (Å²) in [5, 5.41) is 9.48. The topological polar surface area (TPSA) is 98.0 Å². The van der Waals surface area contributed by atoms with Gasteiger partial charge in [-0.25, -0.2) is 8.78 Å². The zero-order chi connectivity index (χ0) is 30.7. The Morgan fingerprint density at radius 2 is 1.42 bits per heavy atom. The number of aromatic nitrogens is 3. The lowest BCUT2D eigenvalue weighted by Crippen LogP contribution is -2.48. The van der Waals surface area contributed by atoms with Crippen molar-refractivity contribution in [1.29, 1.82) is 0 Å². The number of amides is 2. The van der Waals surface area contributed by atoms with Crippen molar-refractivity contribution in [2.45, 2.75) is 18.9 Å². The van der Waals surface area contributed by atoms with E-state index in [1.807, 2.05) is 60.7 Å². The molecule has 2 aromatic heterocycles. The molecule has 0 aliphatic rings. The summed E-state index contributed by atoms with van der Waals surface area (Å²) in [6.07, 6.45) is 1.47. The number of hydrogen-bond donors (Lipinski definition) is 2. The highest BCUT2D eigenvalue weighted by Crippen LogP contribution is 2.32. The van der Waals surface area contributed by atoms with E-state index in [1.54, 1.807) is 14.0 Å². The molecule has 5 aromatic rings. The summed E-state index contributed by atoms with van der Waals surface area (Å²) < 4.78 is 33.5. The lowest BCUT2D eigenvalue weighted by molar-refractivity contribution is -0.118. The second kappa shape index (κ2) is 12.2. The molecule has 43 heavy (non-hydrogen) atoms. The quantitative estimate of drug-likeness (QED) is 0.271. The first-order valence-corrected chi connectivity index (χ1v) is 13.5. The van der Waals surface area contributed by atoms with Crippen LogP contribution >= 0.6 is 0 Å². The van der Waals surface area contributed by atoms with Gasteiger partial charge in [-0.3, -0.25) is 19.1 Å². The fourth-order valence-corrected chi connectivity index (χ4v) is 5.13. The summed E-state index contributed by atoms with van der Waals surface area (Å²) in [7, 11) is 3.12. The van der Waals surface area contributed by atoms with E-state index in [-0.39, 0.29) is 28.1 Å². The van der Waals surface area contributed by atoms with Crippen LogP contribution in [0.1, 0.15) is 33.2 Å². The summed E-state index contributed by atoms with van der Waals surface area (Å²) in [5.41, 5.74) is 1.56. The number of benzene rings is 3. The number of carbonyl (C=O) groups is 2. The van der Waals surface area contributed by atoms with E-state index in [2.05, 4.69) is 15.7 Å². The Morgan fingerprint density at radius 3 is 1.95 bits per heavy atom. The maximum atomic E-state index is 15.4. The van der Waals surface area contributed by atoms with Gasteiger partial charge in [-0.1, -0.05) is 60.7 Å². The standard InChI is InChI=1S/C33H29F2N5O3/c1-20-24(14-15-28(41)39(20)2)30-25(34)18-23(19-26(30)35)37-33(43)31(38-32(42)27-16-17-36-40(27)3)29(21-10-6-4-7-11-21)22-12-8-5-9-13-22/h4-19,29,31H,1-3H3,(H,37,43)(H,38,42)/t31-/m0/s1. The third-order valence-electron chi connectivity index (χ3n) is 7.47. The summed E-state index contributed by atoms with van der Waals surface area (Å²) >= 11 is 0. The Bertz CT molecular complexity index is 1790. The highest BCUT2D eigenvalue weighted by atomic mass is 19.1. The van der Waals surface area contributed by atoms with Crippen LogP contribution in [0.2, 0.25) is 0 Å². The molecule has 2 amide bonds. The predicted octanol–water partition coefficient (Wildman–Crippen LogP) is 4.94. The molecule has 8 nitrogen and oxygen atoms in total. The van der Waals surface area contributed by atoms with Crippen LogP contribution in [0.25, 0.3) is 11.1 Å². The molecule has 0 aliphatic heterocycles. The molecule has 0 bridgehead atoms. The SMILES string of the molecule is Cc1c(-c2c(F)cc(NC(=O)[C@@H](NC(=O)c3ccnn3C)C(c3ccccc3)c3ccccc3)cc2F)ccc(=O)n1C. The Hall–Kier alpha value is -5.38. The number of carbonyl (C=O) groups excluding carboxylic acids is 2. The average Bonchev–Trinajstić information content (AvgIpc) is 3.43. The molecule has 0 spiro atoms. The van der Waals surface area contributed by atoms with Crippen LogP contribution in [0.4, 0.5) is 14.5 Å². The van der Waals surface area contributed by atoms with Gasteiger partial charge in [0.05, 0.1) is 5.56 Å². The Kier molecular flexibility index (Phi) is 8.29. The highest BCUT2D eigenvalue weighted by molar-refractivity contribution is 6.01. The first-order valence-electron chi connectivity index (χ1n) is 13.5. The fraction of sp³-hybridized carbons (Fsp3) is 0.152. The van der Waals surface area contributed by atoms with E-state index in [0.717, 1.165) is 23.3 Å². The lowest BCUT2D eigenvalue weighted by Gasteiger charge is -2.28. The number of nitrogens with one attached hydrogen (secondary N) is 2. The van der Waals surface area contributed by atoms with Crippen molar-refractivity contribution in [2.24, 2.45) is 14.1 Å². The molecule has 0 fully saturated rings. The Labute approximate surface area is 246 Å². The number of nitrogens with zero attached hydrogens (tertiary/aromatic N) is 3. The fourth-order valence-electron chi connectivity index (χ4n) is 5.13. The molecular formula is C33H29F2N5O3. The van der Waals surface area contributed by atoms with Crippen LogP contribution in [0.3, 0.4) is 0 Å². The van der Waals surface area contributed by atoms with Crippen molar-refractivity contribution in [1.82, 2.24) is 19.7 Å². The van der Waals surface area contributed by atoms with Crippen LogP contribution in [-0.2, 0) is 18.9 Å². The molecule has 218 valence electrons. The van der Waals surface area contributed by atoms with Crippen molar-refractivity contribution in [3.8, 4) is 11.1 Å². The molecular weight excluding hydrogens is 552 g/mol. The molecule has 2 heterocycles. The van der Waals surface area contributed by atoms with Gasteiger partial charge in [0.15, 0.2) is 0 Å². The second-order valence-corrected chi connectivity index (χ2v) is 10.1. The van der Waals surface area contributed by atoms with Gasteiger partial charge >= 0.3 is 0 Å². The number of aryl methyl sites for hydroxylation is 1. The first-order chi connectivity index (χ1) is 20.7. The minimum absolute atomic E-state index is 0.133. The maximum absolute atomic E-state index is 15.4. The molecule has 2 N–H and O–H groups in total. The molecule has 5 rings (SSSR count). The summed E-state index contributed by atoms with van der Waals surface area (Å²) in [6.45, 7) is 1.59. The minimum Gasteiger partial charge on any atom is -0.338 e. The summed E-state index contributed by atoms with van der Waals surface area (Å²) in [5.74, 6) is -3.72. The van der Waals surface area contributed by atoms with Gasteiger partial charge < -0.3 is 15.2 Å². The smallest absolute Gasteiger partial charge is 0.270 e. The number of hydrogen-bond acceptors (Lipinski definition) is 4. The summed E-state index contributed by atoms with van der Waals surface area (Å²) in [6, 6.07) is 23.3. The number of pyridine rings is 1. The molecule has 0 aliphatic carbocycles. The molecule has 0 radical (unpaired) electrons. The van der Waals surface area contributed by atoms with Gasteiger partial charge in [0.2, 0.25) is 11.5 Å². The highest BCUT2D eigenvalue weighted by Gasteiger charge is 2.33. The molecule has 0 saturated heterocycles. The first kappa shape index (κ1) is 29.1. The Morgan fingerprint density at radius 1 is 0.837 bits per heavy atom. The van der Waals surface area contributed by atoms with Crippen molar-refractivity contribution >= 4 is 17.5 Å². The van der Waals surface area contributed by atoms with Gasteiger partial charge in [-0.2, -0.15) is 5.10 Å². The molecule has 10 heteroatoms. The number of rotatable bonds is 8. The van der Waals surface area contributed by atoms with Gasteiger partial charge in [0.1, 0.15) is 23.4 Å². The van der Waals surface area contributed by atoms with Crippen LogP contribution in [-0.4, -0.2) is 32.2 Å². The van der Waals surface area contributed by atoms with E-state index < -0.39 is 35.4 Å². The molecule has 0 unspecified atom stereocenters. The number of anilines is 1. The van der Waals surface area contributed by atoms with Crippen molar-refractivity contribution < 1.29 is 18.4 Å². The molecule has 3 aromatic carbocycles. The predicted molar refractivity (Wildman–Crippen MR) is 160 cm³/mol. The lowest BCUT2D eigenvalue weighted by atomic mass is 9.84. The van der Waals surface area contributed by atoms with Gasteiger partial charge in [0, 0.05) is 49.2 Å². The zero-order valence-corrected chi connectivity index (χ0v) is 23.7. The Balaban J connectivity index is 1.55. The van der Waals surface area contributed by atoms with Crippen LogP contribution in [0.5, 0.6) is 0 Å². The van der Waals surface area contributed by atoms with Crippen molar-refractivity contribution in [3.63, 3.8) is 0 Å². The van der Waals surface area contributed by atoms with E-state index >= 15 is 8.78 Å². The largest absolute Gasteiger partial charge is 0.338 e. The third kappa shape index (κ3) is 5.99. The van der Waals surface area contributed by atoms with Gasteiger partial charge in [-0.15, -0.1) is 0 Å². The van der Waals surface area contributed by atoms with Gasteiger partial charge in [-0.05, 0) is 42.3 Å². The van der Waals surface area contributed by atoms with E-state index in [4.69, 9.17) is 0 Å². The van der Waals surface area contributed by atoms with Crippen molar-refractivity contribution in [2.75, 3.05) is 5.32 Å². The van der Waals surface area contributed by atoms with Crippen molar-refractivity contribution in [3.05, 3.63) is 142 Å². The van der Waals surface area contributed by atoms with Crippen LogP contribution < -0.4 is 16.2 Å². The van der Waals surface area contributed by atoms with E-state index in [1.165, 1.54) is 40.7 Å². The van der Waals surface area contributed by atoms with Crippen LogP contribution in [0, 0.1) is 18.6 Å². The van der Waals surface area contributed by atoms with Crippen LogP contribution in [0.15, 0.2) is 102 Å². The monoisotopic (exact) mass is 581 g/mol. The van der Waals surface area contributed by atoms with E-state index in [0.29, 0.717) is 5.69 Å². The average molecular weight is 582 g/mol. The molecule has 1 atom stereocenters. The normalized spacial score (nSPS) is 11.8. The number of halogens is 2. The van der Waals surface area contributed by atoms with E-state index in [9.17, 15) is 14.4 Å².